The van der Waals surface area contributed by atoms with Crippen LogP contribution in [0.1, 0.15) is 399 Å². The third-order valence-electron chi connectivity index (χ3n) is 17.1. The Kier molecular flexibility index (Phi) is 63.7. The summed E-state index contributed by atoms with van der Waals surface area (Å²) in [6.07, 6.45) is 78.2. The summed E-state index contributed by atoms with van der Waals surface area (Å²) in [6, 6.07) is 0. The van der Waals surface area contributed by atoms with Crippen molar-refractivity contribution in [2.24, 2.45) is 0 Å². The number of ether oxygens (including phenoxy) is 2. The fourth-order valence-corrected chi connectivity index (χ4v) is 12.2. The lowest BCUT2D eigenvalue weighted by Gasteiger charge is -2.24. The van der Waals surface area contributed by atoms with Gasteiger partial charge in [0.05, 0.1) is 27.7 Å². The van der Waals surface area contributed by atoms with E-state index in [0.29, 0.717) is 17.4 Å². The van der Waals surface area contributed by atoms with Crippen LogP contribution in [0.4, 0.5) is 0 Å². The number of likely N-dealkylation sites (N-methyl/N-ethyl adjacent to an activating group) is 1. The average Bonchev–Trinajstić information content (AvgIpc) is 3.46. The molecule has 0 aromatic carbocycles. The predicted octanol–water partition coefficient (Wildman–Crippen LogP) is 23.7. The van der Waals surface area contributed by atoms with Crippen molar-refractivity contribution in [3.8, 4) is 0 Å². The van der Waals surface area contributed by atoms with Gasteiger partial charge in [0.25, 0.3) is 0 Å². The average molecular weight is 1180 g/mol. The summed E-state index contributed by atoms with van der Waals surface area (Å²) in [5.74, 6) is -0.769. The maximum atomic E-state index is 12.9. The molecule has 1 N–H and O–H groups in total. The van der Waals surface area contributed by atoms with Crippen LogP contribution in [0.2, 0.25) is 0 Å². The summed E-state index contributed by atoms with van der Waals surface area (Å²) < 4.78 is 34.7. The Balaban J connectivity index is 3.83. The van der Waals surface area contributed by atoms with Crippen molar-refractivity contribution in [1.29, 1.82) is 0 Å². The maximum Gasteiger partial charge on any atom is 0.472 e. The van der Waals surface area contributed by atoms with Gasteiger partial charge in [-0.25, -0.2) is 4.57 Å². The van der Waals surface area contributed by atoms with Gasteiger partial charge in [0, 0.05) is 12.8 Å². The second-order valence-corrected chi connectivity index (χ2v) is 28.2. The van der Waals surface area contributed by atoms with Crippen molar-refractivity contribution in [2.75, 3.05) is 47.5 Å². The van der Waals surface area contributed by atoms with Gasteiger partial charge < -0.3 is 18.9 Å². The molecule has 0 radical (unpaired) electrons. The summed E-state index contributed by atoms with van der Waals surface area (Å²) in [6.45, 7) is 4.53. The van der Waals surface area contributed by atoms with Crippen LogP contribution >= 0.6 is 7.82 Å². The molecule has 0 aliphatic carbocycles. The molecule has 10 heteroatoms. The van der Waals surface area contributed by atoms with E-state index in [1.54, 1.807) is 0 Å². The smallest absolute Gasteiger partial charge is 0.462 e. The normalized spacial score (nSPS) is 13.0. The van der Waals surface area contributed by atoms with Gasteiger partial charge >= 0.3 is 19.8 Å². The molecule has 0 aliphatic heterocycles. The third-order valence-corrected chi connectivity index (χ3v) is 18.1. The largest absolute Gasteiger partial charge is 0.472 e. The lowest BCUT2D eigenvalue weighted by atomic mass is 10.0. The van der Waals surface area contributed by atoms with Crippen LogP contribution in [0, 0.1) is 0 Å². The Labute approximate surface area is 512 Å². The highest BCUT2D eigenvalue weighted by Gasteiger charge is 2.27. The molecule has 490 valence electrons. The van der Waals surface area contributed by atoms with E-state index < -0.39 is 26.5 Å². The molecule has 0 aromatic rings. The van der Waals surface area contributed by atoms with E-state index in [0.717, 1.165) is 38.5 Å². The summed E-state index contributed by atoms with van der Waals surface area (Å²) in [4.78, 5) is 35.8. The van der Waals surface area contributed by atoms with Crippen LogP contribution < -0.4 is 0 Å². The lowest BCUT2D eigenvalue weighted by Crippen LogP contribution is -2.37. The number of quaternary nitrogens is 1. The predicted molar refractivity (Wildman–Crippen MR) is 354 cm³/mol. The Bertz CT molecular complexity index is 1340. The van der Waals surface area contributed by atoms with Gasteiger partial charge in [0.1, 0.15) is 19.8 Å². The van der Waals surface area contributed by atoms with Crippen molar-refractivity contribution in [2.45, 2.75) is 405 Å². The molecule has 0 fully saturated rings. The molecule has 0 aromatic heterocycles. The van der Waals surface area contributed by atoms with Gasteiger partial charge in [0.15, 0.2) is 6.10 Å². The van der Waals surface area contributed by atoms with Crippen LogP contribution in [0.25, 0.3) is 0 Å². The van der Waals surface area contributed by atoms with Crippen LogP contribution in [-0.4, -0.2) is 74.9 Å². The van der Waals surface area contributed by atoms with Gasteiger partial charge in [-0.2, -0.15) is 0 Å². The van der Waals surface area contributed by atoms with Gasteiger partial charge in [-0.05, 0) is 12.8 Å². The van der Waals surface area contributed by atoms with Crippen molar-refractivity contribution < 1.29 is 42.1 Å². The van der Waals surface area contributed by atoms with E-state index in [1.807, 2.05) is 21.1 Å². The van der Waals surface area contributed by atoms with Gasteiger partial charge in [0.2, 0.25) is 0 Å². The minimum Gasteiger partial charge on any atom is -0.462 e. The van der Waals surface area contributed by atoms with Crippen molar-refractivity contribution >= 4 is 19.8 Å². The first-order valence-electron chi connectivity index (χ1n) is 36.8. The number of hydrogen-bond acceptors (Lipinski definition) is 7. The molecule has 9 nitrogen and oxygen atoms in total. The molecule has 0 bridgehead atoms. The molecule has 0 rings (SSSR count). The zero-order valence-corrected chi connectivity index (χ0v) is 56.9. The molecular weight excluding hydrogens is 1040 g/mol. The van der Waals surface area contributed by atoms with Crippen LogP contribution in [-0.2, 0) is 32.7 Å². The zero-order valence-electron chi connectivity index (χ0n) is 56.0. The van der Waals surface area contributed by atoms with E-state index in [9.17, 15) is 19.0 Å². The monoisotopic (exact) mass is 1180 g/mol. The number of phosphoric acid groups is 1. The van der Waals surface area contributed by atoms with E-state index in [1.165, 1.54) is 334 Å². The Morgan fingerprint density at radius 2 is 0.549 bits per heavy atom. The minimum absolute atomic E-state index is 0.0376. The molecule has 0 saturated carbocycles. The summed E-state index contributed by atoms with van der Waals surface area (Å²) in [5, 5.41) is 0. The highest BCUT2D eigenvalue weighted by atomic mass is 31.2. The summed E-state index contributed by atoms with van der Waals surface area (Å²) in [5.41, 5.74) is 0. The van der Waals surface area contributed by atoms with Crippen molar-refractivity contribution in [3.63, 3.8) is 0 Å². The fraction of sp³-hybridized carbons (Fsp3) is 0.972. The highest BCUT2D eigenvalue weighted by molar-refractivity contribution is 7.47. The van der Waals surface area contributed by atoms with Crippen LogP contribution in [0.15, 0.2) is 0 Å². The third kappa shape index (κ3) is 68.1. The molecule has 0 saturated heterocycles. The molecule has 0 heterocycles. The molecule has 82 heavy (non-hydrogen) atoms. The highest BCUT2D eigenvalue weighted by Crippen LogP contribution is 2.43. The molecule has 0 amide bonds. The number of hydrogen-bond donors (Lipinski definition) is 1. The standard InChI is InChI=1S/C72H144NO8P/c1-6-8-10-12-14-16-18-20-22-24-26-27-28-29-30-31-32-33-34-35-36-37-38-39-40-41-42-43-44-45-46-47-49-51-53-55-57-59-61-63-65-72(75)81-70(69-80-82(76,77)79-67-66-73(3,4)5)68-78-71(74)64-62-60-58-56-54-52-50-48-25-23-21-19-17-15-13-11-9-7-2/h70H,6-69H2,1-5H3/p+1. The molecule has 0 aliphatic rings. The zero-order chi connectivity index (χ0) is 59.8. The Hall–Kier alpha value is -0.990. The quantitative estimate of drug-likeness (QED) is 0.0278. The Morgan fingerprint density at radius 3 is 0.780 bits per heavy atom. The molecular formula is C72H145NO8P+. The maximum absolute atomic E-state index is 12.9. The van der Waals surface area contributed by atoms with Gasteiger partial charge in [-0.3, -0.25) is 18.6 Å². The number of carbonyl (C=O) groups is 2. The van der Waals surface area contributed by atoms with Gasteiger partial charge in [-0.15, -0.1) is 0 Å². The van der Waals surface area contributed by atoms with Crippen molar-refractivity contribution in [3.05, 3.63) is 0 Å². The number of phosphoric ester groups is 1. The van der Waals surface area contributed by atoms with Gasteiger partial charge in [-0.1, -0.05) is 373 Å². The Morgan fingerprint density at radius 1 is 0.329 bits per heavy atom. The number of rotatable bonds is 70. The first-order chi connectivity index (χ1) is 40.0. The van der Waals surface area contributed by atoms with E-state index in [-0.39, 0.29) is 25.6 Å². The van der Waals surface area contributed by atoms with Crippen LogP contribution in [0.5, 0.6) is 0 Å². The van der Waals surface area contributed by atoms with E-state index in [4.69, 9.17) is 18.5 Å². The molecule has 2 unspecified atom stereocenters. The number of carbonyl (C=O) groups excluding carboxylic acids is 2. The topological polar surface area (TPSA) is 108 Å². The van der Waals surface area contributed by atoms with E-state index >= 15 is 0 Å². The first kappa shape index (κ1) is 81.0. The minimum atomic E-state index is -4.38. The molecule has 2 atom stereocenters. The summed E-state index contributed by atoms with van der Waals surface area (Å²) in [7, 11) is 1.51. The molecule has 0 spiro atoms. The lowest BCUT2D eigenvalue weighted by molar-refractivity contribution is -0.870. The summed E-state index contributed by atoms with van der Waals surface area (Å²) >= 11 is 0. The van der Waals surface area contributed by atoms with E-state index in [2.05, 4.69) is 13.8 Å². The fourth-order valence-electron chi connectivity index (χ4n) is 11.5. The second-order valence-electron chi connectivity index (χ2n) is 26.7. The van der Waals surface area contributed by atoms with Crippen molar-refractivity contribution in [1.82, 2.24) is 0 Å². The van der Waals surface area contributed by atoms with Crippen LogP contribution in [0.3, 0.4) is 0 Å². The first-order valence-corrected chi connectivity index (χ1v) is 38.3. The number of esters is 2. The number of nitrogens with zero attached hydrogens (tertiary/aromatic N) is 1. The SMILES string of the molecule is CCCCCCCCCCCCCCCCCCCCCCCCCCCCCCCCCCCCCCCCCCC(=O)OC(COC(=O)CCCCCCCCCCCCCCCCCCCC)COP(=O)(O)OCC[N+](C)(C)C. The number of unbranched alkanes of at least 4 members (excludes halogenated alkanes) is 56. The second kappa shape index (κ2) is 64.5.